The molecule has 3 aromatic rings. The summed E-state index contributed by atoms with van der Waals surface area (Å²) in [5.74, 6) is 2.98. The van der Waals surface area contributed by atoms with Gasteiger partial charge in [0.05, 0.1) is 11.9 Å². The Morgan fingerprint density at radius 2 is 1.92 bits per heavy atom. The van der Waals surface area contributed by atoms with Crippen molar-refractivity contribution in [3.05, 3.63) is 39.3 Å². The molecule has 8 heteroatoms. The lowest BCUT2D eigenvalue weighted by molar-refractivity contribution is 0.577. The number of aromatic nitrogens is 6. The summed E-state index contributed by atoms with van der Waals surface area (Å²) < 4.78 is 2.68. The van der Waals surface area contributed by atoms with E-state index in [0.29, 0.717) is 11.7 Å². The molecular weight excluding hydrogens is 394 g/mol. The minimum absolute atomic E-state index is 0.571. The van der Waals surface area contributed by atoms with Gasteiger partial charge >= 0.3 is 0 Å². The number of rotatable bonds is 3. The molecule has 1 saturated heterocycles. The van der Waals surface area contributed by atoms with E-state index >= 15 is 0 Å². The fourth-order valence-electron chi connectivity index (χ4n) is 3.71. The average Bonchev–Trinajstić information content (AvgIpc) is 3.20. The van der Waals surface area contributed by atoms with Crippen LogP contribution in [-0.2, 0) is 6.42 Å². The summed E-state index contributed by atoms with van der Waals surface area (Å²) in [4.78, 5) is 20.4. The van der Waals surface area contributed by atoms with Gasteiger partial charge in [0, 0.05) is 24.5 Å². The molecular formula is C18H22BrN7. The number of anilines is 1. The van der Waals surface area contributed by atoms with Gasteiger partial charge in [0.2, 0.25) is 0 Å². The van der Waals surface area contributed by atoms with Crippen molar-refractivity contribution in [1.82, 2.24) is 29.5 Å². The first-order valence-electron chi connectivity index (χ1n) is 8.86. The van der Waals surface area contributed by atoms with Gasteiger partial charge in [-0.15, -0.1) is 0 Å². The van der Waals surface area contributed by atoms with Crippen LogP contribution in [-0.4, -0.2) is 42.6 Å². The highest BCUT2D eigenvalue weighted by Crippen LogP contribution is 2.27. The molecule has 1 atom stereocenters. The predicted molar refractivity (Wildman–Crippen MR) is 103 cm³/mol. The van der Waals surface area contributed by atoms with Crippen LogP contribution in [0.3, 0.4) is 0 Å². The second-order valence-corrected chi connectivity index (χ2v) is 7.79. The van der Waals surface area contributed by atoms with Crippen LogP contribution in [0.1, 0.15) is 34.9 Å². The minimum Gasteiger partial charge on any atom is -0.355 e. The monoisotopic (exact) mass is 415 g/mol. The Hall–Kier alpha value is -2.09. The molecule has 1 aliphatic heterocycles. The minimum atomic E-state index is 0.571. The Kier molecular flexibility index (Phi) is 4.38. The molecule has 4 rings (SSSR count). The smallest absolute Gasteiger partial charge is 0.252 e. The van der Waals surface area contributed by atoms with E-state index in [9.17, 15) is 0 Å². The Morgan fingerprint density at radius 1 is 1.12 bits per heavy atom. The lowest BCUT2D eigenvalue weighted by Crippen LogP contribution is -2.22. The summed E-state index contributed by atoms with van der Waals surface area (Å²) in [6.07, 6.45) is 3.99. The fourth-order valence-corrected chi connectivity index (χ4v) is 3.90. The summed E-state index contributed by atoms with van der Waals surface area (Å²) in [5, 5.41) is 4.48. The van der Waals surface area contributed by atoms with Crippen molar-refractivity contribution >= 4 is 27.5 Å². The van der Waals surface area contributed by atoms with Crippen molar-refractivity contribution in [3.63, 3.8) is 0 Å². The lowest BCUT2D eigenvalue weighted by atomic mass is 9.96. The van der Waals surface area contributed by atoms with Crippen LogP contribution in [0.2, 0.25) is 0 Å². The van der Waals surface area contributed by atoms with Gasteiger partial charge in [0.1, 0.15) is 16.2 Å². The van der Waals surface area contributed by atoms with Crippen LogP contribution in [0.25, 0.3) is 5.78 Å². The Morgan fingerprint density at radius 3 is 2.69 bits per heavy atom. The van der Waals surface area contributed by atoms with E-state index in [-0.39, 0.29) is 0 Å². The van der Waals surface area contributed by atoms with Gasteiger partial charge in [-0.1, -0.05) is 0 Å². The van der Waals surface area contributed by atoms with Gasteiger partial charge in [-0.05, 0) is 67.9 Å². The van der Waals surface area contributed by atoms with Crippen LogP contribution in [0.5, 0.6) is 0 Å². The van der Waals surface area contributed by atoms with Crippen molar-refractivity contribution in [2.45, 2.75) is 40.5 Å². The third kappa shape index (κ3) is 3.06. The molecule has 0 amide bonds. The second-order valence-electron chi connectivity index (χ2n) is 7.04. The summed E-state index contributed by atoms with van der Waals surface area (Å²) in [7, 11) is 0. The number of aryl methyl sites for hydroxylation is 4. The Balaban J connectivity index is 1.55. The topological polar surface area (TPSA) is 72.1 Å². The normalized spacial score (nSPS) is 17.4. The maximum atomic E-state index is 4.66. The van der Waals surface area contributed by atoms with Crippen LogP contribution >= 0.6 is 15.9 Å². The Bertz CT molecular complexity index is 981. The van der Waals surface area contributed by atoms with E-state index in [1.807, 2.05) is 24.6 Å². The van der Waals surface area contributed by atoms with E-state index in [0.717, 1.165) is 59.3 Å². The number of halogens is 1. The first-order chi connectivity index (χ1) is 12.4. The summed E-state index contributed by atoms with van der Waals surface area (Å²) in [5.41, 5.74) is 4.41. The number of hydrogen-bond acceptors (Lipinski definition) is 6. The van der Waals surface area contributed by atoms with Crippen molar-refractivity contribution in [3.8, 4) is 0 Å². The molecule has 0 saturated carbocycles. The highest BCUT2D eigenvalue weighted by molar-refractivity contribution is 9.10. The molecule has 3 aromatic heterocycles. The molecule has 0 aromatic carbocycles. The Labute approximate surface area is 161 Å². The van der Waals surface area contributed by atoms with E-state index in [1.54, 1.807) is 0 Å². The van der Waals surface area contributed by atoms with Gasteiger partial charge in [0.15, 0.2) is 0 Å². The highest BCUT2D eigenvalue weighted by atomic mass is 79.9. The molecule has 1 aliphatic rings. The molecule has 0 spiro atoms. The fraction of sp³-hybridized carbons (Fsp3) is 0.500. The van der Waals surface area contributed by atoms with Gasteiger partial charge in [-0.2, -0.15) is 10.1 Å². The van der Waals surface area contributed by atoms with Crippen LogP contribution in [0.15, 0.2) is 10.8 Å². The van der Waals surface area contributed by atoms with Crippen LogP contribution in [0, 0.1) is 33.6 Å². The van der Waals surface area contributed by atoms with Crippen molar-refractivity contribution < 1.29 is 0 Å². The second kappa shape index (κ2) is 6.57. The van der Waals surface area contributed by atoms with Gasteiger partial charge in [-0.25, -0.2) is 19.5 Å². The van der Waals surface area contributed by atoms with Crippen molar-refractivity contribution in [1.29, 1.82) is 0 Å². The molecule has 4 heterocycles. The predicted octanol–water partition coefficient (Wildman–Crippen LogP) is 2.98. The molecule has 0 aliphatic carbocycles. The molecule has 7 nitrogen and oxygen atoms in total. The van der Waals surface area contributed by atoms with Gasteiger partial charge in [0.25, 0.3) is 5.78 Å². The van der Waals surface area contributed by atoms with Crippen molar-refractivity contribution in [2.75, 3.05) is 18.0 Å². The first-order valence-corrected chi connectivity index (χ1v) is 9.65. The number of hydrogen-bond donors (Lipinski definition) is 0. The van der Waals surface area contributed by atoms with Crippen LogP contribution in [0.4, 0.5) is 5.82 Å². The van der Waals surface area contributed by atoms with E-state index in [2.05, 4.69) is 59.7 Å². The lowest BCUT2D eigenvalue weighted by Gasteiger charge is -2.18. The summed E-state index contributed by atoms with van der Waals surface area (Å²) in [6, 6.07) is 0. The summed E-state index contributed by atoms with van der Waals surface area (Å²) >= 11 is 3.42. The van der Waals surface area contributed by atoms with E-state index < -0.39 is 0 Å². The average molecular weight is 416 g/mol. The maximum Gasteiger partial charge on any atom is 0.252 e. The SMILES string of the molecule is Cc1nc2nc(C)c(C[C@@H]3CCN(c4cnc(Br)c(C)n4)C3)c(C)n2n1. The zero-order valence-electron chi connectivity index (χ0n) is 15.5. The number of fused-ring (bicyclic) bond motifs is 1. The van der Waals surface area contributed by atoms with E-state index in [4.69, 9.17) is 0 Å². The quantitative estimate of drug-likeness (QED) is 0.654. The molecule has 0 unspecified atom stereocenters. The molecule has 0 radical (unpaired) electrons. The standard InChI is InChI=1S/C18H22BrN7/c1-10-15(12(3)26-18(22-10)23-13(4)24-26)7-14-5-6-25(9-14)16-8-20-17(19)11(2)21-16/h8,14H,5-7,9H2,1-4H3/t14-/m0/s1. The van der Waals surface area contributed by atoms with Gasteiger partial charge < -0.3 is 4.90 Å². The molecule has 136 valence electrons. The first kappa shape index (κ1) is 17.3. The zero-order valence-corrected chi connectivity index (χ0v) is 17.1. The zero-order chi connectivity index (χ0) is 18.4. The van der Waals surface area contributed by atoms with Crippen LogP contribution < -0.4 is 4.90 Å². The number of nitrogens with zero attached hydrogens (tertiary/aromatic N) is 7. The highest BCUT2D eigenvalue weighted by Gasteiger charge is 2.26. The van der Waals surface area contributed by atoms with E-state index in [1.165, 1.54) is 5.56 Å². The molecule has 0 N–H and O–H groups in total. The molecule has 26 heavy (non-hydrogen) atoms. The van der Waals surface area contributed by atoms with Gasteiger partial charge in [-0.3, -0.25) is 0 Å². The van der Waals surface area contributed by atoms with Crippen molar-refractivity contribution in [2.24, 2.45) is 5.92 Å². The molecule has 0 bridgehead atoms. The largest absolute Gasteiger partial charge is 0.355 e. The summed E-state index contributed by atoms with van der Waals surface area (Å²) in [6.45, 7) is 10.1. The third-order valence-corrected chi connectivity index (χ3v) is 5.91. The maximum absolute atomic E-state index is 4.66. The third-order valence-electron chi connectivity index (χ3n) is 5.13. The molecule has 1 fully saturated rings.